The molecule has 1 saturated heterocycles. The Hall–Kier alpha value is -2.79. The average Bonchev–Trinajstić information content (AvgIpc) is 3.35. The highest BCUT2D eigenvalue weighted by atomic mass is 32.2. The van der Waals surface area contributed by atoms with E-state index < -0.39 is 10.0 Å². The molecule has 4 heterocycles. The Morgan fingerprint density at radius 2 is 1.88 bits per heavy atom. The molecule has 1 aliphatic rings. The van der Waals surface area contributed by atoms with Crippen LogP contribution in [0.5, 0.6) is 0 Å². The lowest BCUT2D eigenvalue weighted by atomic mass is 10.3. The molecule has 136 valence electrons. The maximum absolute atomic E-state index is 12.5. The lowest BCUT2D eigenvalue weighted by Crippen LogP contribution is -2.48. The summed E-state index contributed by atoms with van der Waals surface area (Å²) in [6.07, 6.45) is 7.54. The van der Waals surface area contributed by atoms with Crippen molar-refractivity contribution in [2.45, 2.75) is 11.8 Å². The predicted octanol–water partition coefficient (Wildman–Crippen LogP) is 0.470. The van der Waals surface area contributed by atoms with Crippen molar-refractivity contribution in [1.29, 1.82) is 0 Å². The third-order valence-electron chi connectivity index (χ3n) is 4.19. The topological polar surface area (TPSA) is 110 Å². The van der Waals surface area contributed by atoms with Crippen LogP contribution in [0.1, 0.15) is 5.82 Å². The Kier molecular flexibility index (Phi) is 4.17. The molecule has 0 saturated carbocycles. The van der Waals surface area contributed by atoms with Crippen molar-refractivity contribution in [3.05, 3.63) is 43.1 Å². The quantitative estimate of drug-likeness (QED) is 0.647. The third kappa shape index (κ3) is 3.06. The largest absolute Gasteiger partial charge is 0.363 e. The maximum Gasteiger partial charge on any atom is 0.248 e. The molecule has 3 aromatic rings. The number of piperazine rings is 1. The fourth-order valence-electron chi connectivity index (χ4n) is 2.85. The van der Waals surface area contributed by atoms with Crippen LogP contribution < -0.4 is 4.90 Å². The van der Waals surface area contributed by atoms with Gasteiger partial charge in [0.05, 0.1) is 6.20 Å². The first-order chi connectivity index (χ1) is 12.5. The van der Waals surface area contributed by atoms with E-state index in [4.69, 9.17) is 0 Å². The number of rotatable bonds is 4. The molecule has 0 spiro atoms. The highest BCUT2D eigenvalue weighted by Crippen LogP contribution is 2.21. The molecule has 11 heteroatoms. The fraction of sp³-hybridized carbons (Fsp3) is 0.333. The summed E-state index contributed by atoms with van der Waals surface area (Å²) in [5, 5.41) is 3.47. The Labute approximate surface area is 150 Å². The van der Waals surface area contributed by atoms with E-state index in [-0.39, 0.29) is 4.90 Å². The van der Waals surface area contributed by atoms with Gasteiger partial charge >= 0.3 is 0 Å². The summed E-state index contributed by atoms with van der Waals surface area (Å²) in [6.45, 7) is 3.61. The second-order valence-corrected chi connectivity index (χ2v) is 7.79. The van der Waals surface area contributed by atoms with Gasteiger partial charge in [-0.1, -0.05) is 5.16 Å². The minimum Gasteiger partial charge on any atom is -0.363 e. The Morgan fingerprint density at radius 1 is 1.12 bits per heavy atom. The molecule has 0 radical (unpaired) electrons. The van der Waals surface area contributed by atoms with Crippen LogP contribution in [0, 0.1) is 6.92 Å². The second kappa shape index (κ2) is 6.50. The lowest BCUT2D eigenvalue weighted by molar-refractivity contribution is 0.382. The van der Waals surface area contributed by atoms with E-state index in [9.17, 15) is 8.42 Å². The molecule has 10 nitrogen and oxygen atoms in total. The van der Waals surface area contributed by atoms with Crippen LogP contribution >= 0.6 is 0 Å². The van der Waals surface area contributed by atoms with Gasteiger partial charge in [-0.3, -0.25) is 4.57 Å². The van der Waals surface area contributed by atoms with Crippen LogP contribution in [0.4, 0.5) is 5.82 Å². The van der Waals surface area contributed by atoms with Gasteiger partial charge in [0.1, 0.15) is 34.9 Å². The van der Waals surface area contributed by atoms with Crippen LogP contribution in [-0.2, 0) is 10.0 Å². The van der Waals surface area contributed by atoms with Crippen molar-refractivity contribution < 1.29 is 12.9 Å². The lowest BCUT2D eigenvalue weighted by Gasteiger charge is -2.34. The van der Waals surface area contributed by atoms with E-state index in [1.165, 1.54) is 10.5 Å². The number of aryl methyl sites for hydroxylation is 1. The van der Waals surface area contributed by atoms with E-state index >= 15 is 0 Å². The maximum atomic E-state index is 12.5. The van der Waals surface area contributed by atoms with Gasteiger partial charge in [0.25, 0.3) is 0 Å². The number of hydrogen-bond acceptors (Lipinski definition) is 8. The van der Waals surface area contributed by atoms with Crippen molar-refractivity contribution in [1.82, 2.24) is 29.0 Å². The van der Waals surface area contributed by atoms with Crippen molar-refractivity contribution in [3.8, 4) is 5.82 Å². The van der Waals surface area contributed by atoms with Crippen LogP contribution in [-0.4, -0.2) is 63.6 Å². The number of aromatic nitrogens is 5. The van der Waals surface area contributed by atoms with Gasteiger partial charge < -0.3 is 9.42 Å². The summed E-state index contributed by atoms with van der Waals surface area (Å²) in [4.78, 5) is 15.1. The van der Waals surface area contributed by atoms with E-state index in [0.29, 0.717) is 32.0 Å². The minimum absolute atomic E-state index is 0.0752. The van der Waals surface area contributed by atoms with Crippen molar-refractivity contribution in [2.75, 3.05) is 31.1 Å². The van der Waals surface area contributed by atoms with Crippen molar-refractivity contribution in [3.63, 3.8) is 0 Å². The molecule has 3 aromatic heterocycles. The summed E-state index contributed by atoms with van der Waals surface area (Å²) in [6, 6.07) is 1.87. The van der Waals surface area contributed by atoms with Gasteiger partial charge in [0.2, 0.25) is 10.0 Å². The standard InChI is InChI=1S/C15H17N7O3S/c1-12-18-14(8-15(19-12)21-3-2-16-11-21)20-4-6-22(7-5-20)26(23,24)13-9-17-25-10-13/h2-3,8-11H,4-7H2,1H3. The minimum atomic E-state index is -3.57. The van der Waals surface area contributed by atoms with Gasteiger partial charge in [-0.2, -0.15) is 4.31 Å². The fourth-order valence-corrected chi connectivity index (χ4v) is 4.14. The average molecular weight is 375 g/mol. The van der Waals surface area contributed by atoms with E-state index in [0.717, 1.165) is 17.9 Å². The van der Waals surface area contributed by atoms with Crippen LogP contribution in [0.15, 0.2) is 46.7 Å². The molecule has 0 unspecified atom stereocenters. The van der Waals surface area contributed by atoms with Crippen LogP contribution in [0.2, 0.25) is 0 Å². The van der Waals surface area contributed by atoms with Gasteiger partial charge in [-0.15, -0.1) is 0 Å². The summed E-state index contributed by atoms with van der Waals surface area (Å²) in [7, 11) is -3.57. The van der Waals surface area contributed by atoms with E-state index in [2.05, 4.69) is 29.5 Å². The smallest absolute Gasteiger partial charge is 0.248 e. The second-order valence-electron chi connectivity index (χ2n) is 5.85. The molecule has 0 bridgehead atoms. The zero-order valence-electron chi connectivity index (χ0n) is 14.1. The Morgan fingerprint density at radius 3 is 2.54 bits per heavy atom. The number of imidazole rings is 1. The first-order valence-corrected chi connectivity index (χ1v) is 9.46. The highest BCUT2D eigenvalue weighted by Gasteiger charge is 2.30. The molecule has 0 atom stereocenters. The number of hydrogen-bond donors (Lipinski definition) is 0. The molecular formula is C15H17N7O3S. The van der Waals surface area contributed by atoms with E-state index in [1.807, 2.05) is 23.8 Å². The number of anilines is 1. The predicted molar refractivity (Wildman–Crippen MR) is 91.4 cm³/mol. The van der Waals surface area contributed by atoms with Crippen LogP contribution in [0.25, 0.3) is 5.82 Å². The molecule has 1 fully saturated rings. The summed E-state index contributed by atoms with van der Waals surface area (Å²) < 4.78 is 32.9. The first-order valence-electron chi connectivity index (χ1n) is 8.02. The Bertz CT molecular complexity index is 978. The molecular weight excluding hydrogens is 358 g/mol. The summed E-state index contributed by atoms with van der Waals surface area (Å²) in [5.74, 6) is 2.14. The summed E-state index contributed by atoms with van der Waals surface area (Å²) >= 11 is 0. The molecule has 0 N–H and O–H groups in total. The third-order valence-corrected chi connectivity index (χ3v) is 6.03. The molecule has 4 rings (SSSR count). The normalized spacial score (nSPS) is 16.1. The van der Waals surface area contributed by atoms with Gasteiger partial charge in [-0.25, -0.2) is 23.4 Å². The SMILES string of the molecule is Cc1nc(N2CCN(S(=O)(=O)c3cnoc3)CC2)cc(-n2ccnc2)n1. The summed E-state index contributed by atoms with van der Waals surface area (Å²) in [5.41, 5.74) is 0. The molecule has 0 amide bonds. The number of sulfonamides is 1. The highest BCUT2D eigenvalue weighted by molar-refractivity contribution is 7.89. The molecule has 26 heavy (non-hydrogen) atoms. The zero-order valence-corrected chi connectivity index (χ0v) is 14.9. The zero-order chi connectivity index (χ0) is 18.1. The molecule has 0 aromatic carbocycles. The van der Waals surface area contributed by atoms with Gasteiger partial charge in [-0.05, 0) is 6.92 Å². The van der Waals surface area contributed by atoms with E-state index in [1.54, 1.807) is 12.5 Å². The van der Waals surface area contributed by atoms with Gasteiger partial charge in [0.15, 0.2) is 0 Å². The van der Waals surface area contributed by atoms with Crippen molar-refractivity contribution >= 4 is 15.8 Å². The first kappa shape index (κ1) is 16.7. The number of nitrogens with zero attached hydrogens (tertiary/aromatic N) is 7. The molecule has 1 aliphatic heterocycles. The van der Waals surface area contributed by atoms with Crippen LogP contribution in [0.3, 0.4) is 0 Å². The monoisotopic (exact) mass is 375 g/mol. The van der Waals surface area contributed by atoms with Gasteiger partial charge in [0, 0.05) is 44.6 Å². The molecule has 0 aliphatic carbocycles. The Balaban J connectivity index is 1.52. The van der Waals surface area contributed by atoms with Crippen molar-refractivity contribution in [2.24, 2.45) is 0 Å².